The number of thiazole rings is 1. The van der Waals surface area contributed by atoms with Crippen LogP contribution in [0.4, 0.5) is 0 Å². The molecule has 0 saturated heterocycles. The Labute approximate surface area is 107 Å². The van der Waals surface area contributed by atoms with E-state index in [2.05, 4.69) is 10.3 Å². The van der Waals surface area contributed by atoms with E-state index in [1.54, 1.807) is 6.92 Å². The van der Waals surface area contributed by atoms with Gasteiger partial charge in [0.2, 0.25) is 10.9 Å². The molecule has 1 unspecified atom stereocenters. The lowest BCUT2D eigenvalue weighted by molar-refractivity contribution is -0.119. The number of carbonyl (C=O) groups excluding carboxylic acids is 3. The summed E-state index contributed by atoms with van der Waals surface area (Å²) in [6.45, 7) is 3.37. The Morgan fingerprint density at radius 2 is 2.22 bits per heavy atom. The minimum Gasteiger partial charge on any atom is -0.461 e. The molecule has 0 aromatic carbocycles. The zero-order chi connectivity index (χ0) is 13.7. The van der Waals surface area contributed by atoms with Gasteiger partial charge in [-0.15, -0.1) is 11.3 Å². The Balaban J connectivity index is 2.71. The fourth-order valence-electron chi connectivity index (χ4n) is 1.01. The van der Waals surface area contributed by atoms with Crippen molar-refractivity contribution in [3.05, 3.63) is 16.1 Å². The number of primary amides is 1. The van der Waals surface area contributed by atoms with Crippen molar-refractivity contribution in [1.82, 2.24) is 10.3 Å². The third-order valence-electron chi connectivity index (χ3n) is 1.96. The number of esters is 1. The average Bonchev–Trinajstić information content (AvgIpc) is 2.78. The summed E-state index contributed by atoms with van der Waals surface area (Å²) in [5.41, 5.74) is 5.06. The first kappa shape index (κ1) is 14.1. The largest absolute Gasteiger partial charge is 0.461 e. The SMILES string of the molecule is CCOC(=O)c1nc(C(=O)NC(C)C(N)=O)cs1. The van der Waals surface area contributed by atoms with Crippen molar-refractivity contribution in [2.24, 2.45) is 5.73 Å². The molecular weight excluding hydrogens is 258 g/mol. The van der Waals surface area contributed by atoms with Crippen molar-refractivity contribution in [3.8, 4) is 0 Å². The Morgan fingerprint density at radius 3 is 2.78 bits per heavy atom. The van der Waals surface area contributed by atoms with E-state index >= 15 is 0 Å². The van der Waals surface area contributed by atoms with Crippen LogP contribution < -0.4 is 11.1 Å². The maximum Gasteiger partial charge on any atom is 0.367 e. The topological polar surface area (TPSA) is 111 Å². The number of aromatic nitrogens is 1. The predicted octanol–water partition coefficient (Wildman–Crippen LogP) is -0.0766. The molecule has 7 nitrogen and oxygen atoms in total. The molecular formula is C10H13N3O4S. The maximum absolute atomic E-state index is 11.6. The van der Waals surface area contributed by atoms with Gasteiger partial charge in [-0.05, 0) is 13.8 Å². The van der Waals surface area contributed by atoms with Gasteiger partial charge in [0, 0.05) is 5.38 Å². The minimum absolute atomic E-state index is 0.0520. The molecule has 1 atom stereocenters. The zero-order valence-corrected chi connectivity index (χ0v) is 10.7. The smallest absolute Gasteiger partial charge is 0.367 e. The summed E-state index contributed by atoms with van der Waals surface area (Å²) in [6.07, 6.45) is 0. The number of ether oxygens (including phenoxy) is 1. The van der Waals surface area contributed by atoms with Crippen molar-refractivity contribution in [2.45, 2.75) is 19.9 Å². The third-order valence-corrected chi connectivity index (χ3v) is 2.78. The van der Waals surface area contributed by atoms with Crippen LogP contribution in [0.15, 0.2) is 5.38 Å². The quantitative estimate of drug-likeness (QED) is 0.728. The Morgan fingerprint density at radius 1 is 1.56 bits per heavy atom. The Bertz CT molecular complexity index is 471. The van der Waals surface area contributed by atoms with Crippen LogP contribution in [-0.2, 0) is 9.53 Å². The lowest BCUT2D eigenvalue weighted by Gasteiger charge is -2.07. The van der Waals surface area contributed by atoms with E-state index in [9.17, 15) is 14.4 Å². The molecule has 1 heterocycles. The van der Waals surface area contributed by atoms with Crippen LogP contribution in [0.5, 0.6) is 0 Å². The fourth-order valence-corrected chi connectivity index (χ4v) is 1.70. The van der Waals surface area contributed by atoms with Crippen molar-refractivity contribution in [3.63, 3.8) is 0 Å². The van der Waals surface area contributed by atoms with Crippen LogP contribution in [0.3, 0.4) is 0 Å². The van der Waals surface area contributed by atoms with Gasteiger partial charge in [0.15, 0.2) is 0 Å². The number of nitrogens with one attached hydrogen (secondary N) is 1. The Kier molecular flexibility index (Phi) is 4.78. The highest BCUT2D eigenvalue weighted by atomic mass is 32.1. The number of rotatable bonds is 5. The molecule has 18 heavy (non-hydrogen) atoms. The number of amides is 2. The van der Waals surface area contributed by atoms with Crippen molar-refractivity contribution in [2.75, 3.05) is 6.61 Å². The second-order valence-corrected chi connectivity index (χ2v) is 4.21. The van der Waals surface area contributed by atoms with Crippen LogP contribution >= 0.6 is 11.3 Å². The number of hydrogen-bond acceptors (Lipinski definition) is 6. The second-order valence-electron chi connectivity index (χ2n) is 3.36. The predicted molar refractivity (Wildman–Crippen MR) is 64.2 cm³/mol. The van der Waals surface area contributed by atoms with Gasteiger partial charge in [-0.2, -0.15) is 0 Å². The molecule has 3 N–H and O–H groups in total. The highest BCUT2D eigenvalue weighted by Crippen LogP contribution is 2.11. The van der Waals surface area contributed by atoms with Crippen molar-refractivity contribution in [1.29, 1.82) is 0 Å². The first-order valence-electron chi connectivity index (χ1n) is 5.18. The van der Waals surface area contributed by atoms with Crippen molar-refractivity contribution < 1.29 is 19.1 Å². The fraction of sp³-hybridized carbons (Fsp3) is 0.400. The van der Waals surface area contributed by atoms with Gasteiger partial charge < -0.3 is 15.8 Å². The minimum atomic E-state index is -0.801. The summed E-state index contributed by atoms with van der Waals surface area (Å²) in [7, 11) is 0. The number of carbonyl (C=O) groups is 3. The maximum atomic E-state index is 11.6. The standard InChI is InChI=1S/C10H13N3O4S/c1-3-17-10(16)9-13-6(4-18-9)8(15)12-5(2)7(11)14/h4-5H,3H2,1-2H3,(H2,11,14)(H,12,15). The molecule has 1 aromatic heterocycles. The molecule has 0 spiro atoms. The lowest BCUT2D eigenvalue weighted by Crippen LogP contribution is -2.42. The van der Waals surface area contributed by atoms with E-state index in [1.807, 2.05) is 0 Å². The summed E-state index contributed by atoms with van der Waals surface area (Å²) in [4.78, 5) is 37.6. The van der Waals surface area contributed by atoms with Gasteiger partial charge in [-0.1, -0.05) is 0 Å². The van der Waals surface area contributed by atoms with Gasteiger partial charge in [-0.25, -0.2) is 9.78 Å². The molecule has 1 aromatic rings. The molecule has 8 heteroatoms. The van der Waals surface area contributed by atoms with E-state index in [0.29, 0.717) is 0 Å². The molecule has 98 valence electrons. The molecule has 0 fully saturated rings. The average molecular weight is 271 g/mol. The van der Waals surface area contributed by atoms with Gasteiger partial charge in [0.1, 0.15) is 11.7 Å². The number of hydrogen-bond donors (Lipinski definition) is 2. The molecule has 0 bridgehead atoms. The normalized spacial score (nSPS) is 11.7. The summed E-state index contributed by atoms with van der Waals surface area (Å²) in [6, 6.07) is -0.801. The summed E-state index contributed by atoms with van der Waals surface area (Å²) in [5, 5.41) is 3.86. The van der Waals surface area contributed by atoms with Crippen LogP contribution in [-0.4, -0.2) is 35.4 Å². The highest BCUT2D eigenvalue weighted by Gasteiger charge is 2.19. The molecule has 0 aliphatic heterocycles. The summed E-state index contributed by atoms with van der Waals surface area (Å²) >= 11 is 0.999. The second kappa shape index (κ2) is 6.10. The van der Waals surface area contributed by atoms with E-state index < -0.39 is 23.8 Å². The Hall–Kier alpha value is -1.96. The van der Waals surface area contributed by atoms with Gasteiger partial charge >= 0.3 is 5.97 Å². The van der Waals surface area contributed by atoms with Gasteiger partial charge in [0.05, 0.1) is 6.61 Å². The van der Waals surface area contributed by atoms with E-state index in [-0.39, 0.29) is 17.3 Å². The van der Waals surface area contributed by atoms with Crippen LogP contribution in [0.2, 0.25) is 0 Å². The molecule has 2 amide bonds. The van der Waals surface area contributed by atoms with E-state index in [0.717, 1.165) is 11.3 Å². The summed E-state index contributed by atoms with van der Waals surface area (Å²) in [5.74, 6) is -1.79. The monoisotopic (exact) mass is 271 g/mol. The molecule has 0 aliphatic rings. The lowest BCUT2D eigenvalue weighted by atomic mass is 10.3. The molecule has 0 saturated carbocycles. The third kappa shape index (κ3) is 3.52. The first-order valence-corrected chi connectivity index (χ1v) is 6.06. The summed E-state index contributed by atoms with van der Waals surface area (Å²) < 4.78 is 4.74. The highest BCUT2D eigenvalue weighted by molar-refractivity contribution is 7.11. The van der Waals surface area contributed by atoms with E-state index in [1.165, 1.54) is 12.3 Å². The molecule has 1 rings (SSSR count). The molecule has 0 radical (unpaired) electrons. The van der Waals surface area contributed by atoms with Crippen molar-refractivity contribution >= 4 is 29.1 Å². The van der Waals surface area contributed by atoms with Gasteiger partial charge in [0.25, 0.3) is 5.91 Å². The zero-order valence-electron chi connectivity index (χ0n) is 9.93. The van der Waals surface area contributed by atoms with E-state index in [4.69, 9.17) is 10.5 Å². The van der Waals surface area contributed by atoms with Crippen LogP contribution in [0, 0.1) is 0 Å². The van der Waals surface area contributed by atoms with Crippen LogP contribution in [0.1, 0.15) is 34.1 Å². The number of nitrogens with zero attached hydrogens (tertiary/aromatic N) is 1. The van der Waals surface area contributed by atoms with Crippen LogP contribution in [0.25, 0.3) is 0 Å². The van der Waals surface area contributed by atoms with Gasteiger partial charge in [-0.3, -0.25) is 9.59 Å². The molecule has 0 aliphatic carbocycles. The number of nitrogens with two attached hydrogens (primary N) is 1. The first-order chi connectivity index (χ1) is 8.45.